The van der Waals surface area contributed by atoms with Gasteiger partial charge in [-0.2, -0.15) is 13.2 Å². The van der Waals surface area contributed by atoms with Gasteiger partial charge in [-0.3, -0.25) is 4.79 Å². The minimum Gasteiger partial charge on any atom is -0.481 e. The van der Waals surface area contributed by atoms with Crippen molar-refractivity contribution in [3.05, 3.63) is 29.3 Å². The number of sulfone groups is 1. The first-order valence-electron chi connectivity index (χ1n) is 6.11. The highest BCUT2D eigenvalue weighted by molar-refractivity contribution is 7.92. The normalized spacial score (nSPS) is 12.7. The quantitative estimate of drug-likeness (QED) is 0.904. The zero-order valence-electron chi connectivity index (χ0n) is 11.4. The summed E-state index contributed by atoms with van der Waals surface area (Å²) in [6.07, 6.45) is -5.23. The highest BCUT2D eigenvalue weighted by Gasteiger charge is 2.33. The molecule has 1 aromatic rings. The Bertz CT molecular complexity index is 633. The molecule has 118 valence electrons. The van der Waals surface area contributed by atoms with Gasteiger partial charge in [0.2, 0.25) is 0 Å². The third kappa shape index (κ3) is 4.45. The molecular weight excluding hydrogens is 309 g/mol. The predicted molar refractivity (Wildman–Crippen MR) is 69.7 cm³/mol. The summed E-state index contributed by atoms with van der Waals surface area (Å²) in [7, 11) is -3.87. The van der Waals surface area contributed by atoms with Gasteiger partial charge in [-0.1, -0.05) is 0 Å². The van der Waals surface area contributed by atoms with Gasteiger partial charge < -0.3 is 5.11 Å². The van der Waals surface area contributed by atoms with Crippen LogP contribution in [0.2, 0.25) is 0 Å². The third-order valence-corrected chi connectivity index (χ3v) is 5.00. The topological polar surface area (TPSA) is 71.4 Å². The second-order valence-corrected chi connectivity index (χ2v) is 7.36. The Morgan fingerprint density at radius 1 is 1.24 bits per heavy atom. The first-order chi connectivity index (χ1) is 9.44. The average Bonchev–Trinajstić information content (AvgIpc) is 2.34. The molecule has 21 heavy (non-hydrogen) atoms. The van der Waals surface area contributed by atoms with Gasteiger partial charge in [0.1, 0.15) is 0 Å². The summed E-state index contributed by atoms with van der Waals surface area (Å²) in [4.78, 5) is 10.1. The standard InChI is InChI=1S/C13H15F3O4S/c1-8(2)21(19,20)11-6-9(3-4-12(17)18)5-10(7-11)13(14,15)16/h5-8H,3-4H2,1-2H3,(H,17,18). The van der Waals surface area contributed by atoms with E-state index in [1.165, 1.54) is 13.8 Å². The van der Waals surface area contributed by atoms with E-state index in [1.807, 2.05) is 0 Å². The van der Waals surface area contributed by atoms with Crippen molar-refractivity contribution in [1.29, 1.82) is 0 Å². The number of benzene rings is 1. The van der Waals surface area contributed by atoms with Crippen molar-refractivity contribution in [2.45, 2.75) is 43.0 Å². The number of carboxylic acid groups (broad SMARTS) is 1. The molecular formula is C13H15F3O4S. The number of hydrogen-bond acceptors (Lipinski definition) is 3. The first kappa shape index (κ1) is 17.5. The summed E-state index contributed by atoms with van der Waals surface area (Å²) in [6.45, 7) is 2.74. The molecule has 0 saturated heterocycles. The Labute approximate surface area is 120 Å². The minimum absolute atomic E-state index is 0.0338. The van der Waals surface area contributed by atoms with E-state index < -0.39 is 37.7 Å². The summed E-state index contributed by atoms with van der Waals surface area (Å²) < 4.78 is 62.5. The maximum absolute atomic E-state index is 12.8. The molecule has 1 N–H and O–H groups in total. The maximum atomic E-state index is 12.8. The molecule has 0 aliphatic heterocycles. The van der Waals surface area contributed by atoms with E-state index in [0.29, 0.717) is 6.07 Å². The Hall–Kier alpha value is -1.57. The highest BCUT2D eigenvalue weighted by atomic mass is 32.2. The molecule has 0 fully saturated rings. The lowest BCUT2D eigenvalue weighted by molar-refractivity contribution is -0.138. The number of aryl methyl sites for hydroxylation is 1. The first-order valence-corrected chi connectivity index (χ1v) is 7.66. The van der Waals surface area contributed by atoms with Crippen LogP contribution < -0.4 is 0 Å². The minimum atomic E-state index is -4.69. The molecule has 0 unspecified atom stereocenters. The van der Waals surface area contributed by atoms with Gasteiger partial charge in [-0.15, -0.1) is 0 Å². The zero-order valence-corrected chi connectivity index (χ0v) is 12.3. The summed E-state index contributed by atoms with van der Waals surface area (Å²) in [6, 6.07) is 2.47. The van der Waals surface area contributed by atoms with Crippen LogP contribution in [0.5, 0.6) is 0 Å². The summed E-state index contributed by atoms with van der Waals surface area (Å²) >= 11 is 0. The second kappa shape index (κ2) is 6.05. The van der Waals surface area contributed by atoms with E-state index in [1.54, 1.807) is 0 Å². The highest BCUT2D eigenvalue weighted by Crippen LogP contribution is 2.32. The van der Waals surface area contributed by atoms with Gasteiger partial charge in [0, 0.05) is 6.42 Å². The summed E-state index contributed by atoms with van der Waals surface area (Å²) in [5.74, 6) is -1.17. The Balaban J connectivity index is 3.38. The molecule has 0 aliphatic rings. The molecule has 1 aromatic carbocycles. The van der Waals surface area contributed by atoms with Crippen LogP contribution in [-0.2, 0) is 27.2 Å². The monoisotopic (exact) mass is 324 g/mol. The Kier molecular flexibility index (Phi) is 5.03. The van der Waals surface area contributed by atoms with Crippen LogP contribution in [0.25, 0.3) is 0 Å². The smallest absolute Gasteiger partial charge is 0.416 e. The van der Waals surface area contributed by atoms with Crippen molar-refractivity contribution < 1.29 is 31.5 Å². The molecule has 0 atom stereocenters. The number of carboxylic acids is 1. The molecule has 0 radical (unpaired) electrons. The molecule has 4 nitrogen and oxygen atoms in total. The van der Waals surface area contributed by atoms with Crippen molar-refractivity contribution in [3.8, 4) is 0 Å². The van der Waals surface area contributed by atoms with Crippen LogP contribution in [0.3, 0.4) is 0 Å². The average molecular weight is 324 g/mol. The van der Waals surface area contributed by atoms with Crippen LogP contribution in [0.15, 0.2) is 23.1 Å². The van der Waals surface area contributed by atoms with Crippen LogP contribution >= 0.6 is 0 Å². The SMILES string of the molecule is CC(C)S(=O)(=O)c1cc(CCC(=O)O)cc(C(F)(F)F)c1. The van der Waals surface area contributed by atoms with E-state index in [2.05, 4.69) is 0 Å². The molecule has 0 aliphatic carbocycles. The number of aliphatic carboxylic acids is 1. The van der Waals surface area contributed by atoms with Gasteiger partial charge in [-0.05, 0) is 44.0 Å². The van der Waals surface area contributed by atoms with Crippen molar-refractivity contribution in [2.24, 2.45) is 0 Å². The molecule has 1 rings (SSSR count). The van der Waals surface area contributed by atoms with Crippen LogP contribution in [0, 0.1) is 0 Å². The van der Waals surface area contributed by atoms with Crippen LogP contribution in [0.1, 0.15) is 31.4 Å². The molecule has 0 amide bonds. The van der Waals surface area contributed by atoms with E-state index >= 15 is 0 Å². The van der Waals surface area contributed by atoms with Crippen LogP contribution in [-0.4, -0.2) is 24.7 Å². The summed E-state index contributed by atoms with van der Waals surface area (Å²) in [5, 5.41) is 7.71. The van der Waals surface area contributed by atoms with Crippen molar-refractivity contribution in [1.82, 2.24) is 0 Å². The van der Waals surface area contributed by atoms with Gasteiger partial charge >= 0.3 is 12.1 Å². The lowest BCUT2D eigenvalue weighted by Gasteiger charge is -2.14. The lowest BCUT2D eigenvalue weighted by Crippen LogP contribution is -2.16. The number of alkyl halides is 3. The van der Waals surface area contributed by atoms with Crippen molar-refractivity contribution in [3.63, 3.8) is 0 Å². The predicted octanol–water partition coefficient (Wildman–Crippen LogP) is 2.90. The van der Waals surface area contributed by atoms with E-state index in [4.69, 9.17) is 5.11 Å². The molecule has 0 bridgehead atoms. The zero-order chi connectivity index (χ0) is 16.4. The van der Waals surface area contributed by atoms with Crippen LogP contribution in [0.4, 0.5) is 13.2 Å². The van der Waals surface area contributed by atoms with Crippen molar-refractivity contribution in [2.75, 3.05) is 0 Å². The van der Waals surface area contributed by atoms with Gasteiger partial charge in [0.15, 0.2) is 9.84 Å². The molecule has 8 heteroatoms. The number of carbonyl (C=O) groups is 1. The van der Waals surface area contributed by atoms with E-state index in [0.717, 1.165) is 12.1 Å². The molecule has 0 heterocycles. The van der Waals surface area contributed by atoms with E-state index in [-0.39, 0.29) is 18.4 Å². The number of halogens is 3. The van der Waals surface area contributed by atoms with E-state index in [9.17, 15) is 26.4 Å². The maximum Gasteiger partial charge on any atom is 0.416 e. The van der Waals surface area contributed by atoms with Gasteiger partial charge in [-0.25, -0.2) is 8.42 Å². The number of hydrogen-bond donors (Lipinski definition) is 1. The summed E-state index contributed by atoms with van der Waals surface area (Å²) in [5.41, 5.74) is -1.06. The number of rotatable bonds is 5. The molecule has 0 saturated carbocycles. The molecule has 0 spiro atoms. The molecule has 0 aromatic heterocycles. The third-order valence-electron chi connectivity index (χ3n) is 2.87. The Morgan fingerprint density at radius 3 is 2.24 bits per heavy atom. The largest absolute Gasteiger partial charge is 0.481 e. The Morgan fingerprint density at radius 2 is 1.81 bits per heavy atom. The second-order valence-electron chi connectivity index (χ2n) is 4.85. The fourth-order valence-corrected chi connectivity index (χ4v) is 2.81. The van der Waals surface area contributed by atoms with Crippen molar-refractivity contribution >= 4 is 15.8 Å². The van der Waals surface area contributed by atoms with Gasteiger partial charge in [0.05, 0.1) is 15.7 Å². The van der Waals surface area contributed by atoms with Gasteiger partial charge in [0.25, 0.3) is 0 Å². The lowest BCUT2D eigenvalue weighted by atomic mass is 10.1. The fraction of sp³-hybridized carbons (Fsp3) is 0.462. The fourth-order valence-electron chi connectivity index (χ4n) is 1.66.